The normalized spacial score (nSPS) is 10.8. The molecule has 1 amide bonds. The van der Waals surface area contributed by atoms with Crippen LogP contribution in [0.1, 0.15) is 11.1 Å². The highest BCUT2D eigenvalue weighted by Gasteiger charge is 2.08. The van der Waals surface area contributed by atoms with Crippen molar-refractivity contribution >= 4 is 23.6 Å². The molecule has 0 spiro atoms. The van der Waals surface area contributed by atoms with Gasteiger partial charge in [0.25, 0.3) is 0 Å². The highest BCUT2D eigenvalue weighted by atomic mass is 35.5. The predicted molar refractivity (Wildman–Crippen MR) is 108 cm³/mol. The number of carbonyl (C=O) groups is 1. The maximum Gasteiger partial charge on any atom is 0.246 e. The SMILES string of the molecule is CN(Cc1cccc(Cl)c1)C(=O)/C=C/c1ccc(Oc2cccnc2)c(F)c1. The summed E-state index contributed by atoms with van der Waals surface area (Å²) in [6.07, 6.45) is 6.08. The van der Waals surface area contributed by atoms with Crippen LogP contribution in [0.5, 0.6) is 11.5 Å². The van der Waals surface area contributed by atoms with Gasteiger partial charge in [0, 0.05) is 30.9 Å². The fourth-order valence-electron chi connectivity index (χ4n) is 2.52. The lowest BCUT2D eigenvalue weighted by atomic mass is 10.2. The molecule has 1 heterocycles. The first-order valence-electron chi connectivity index (χ1n) is 8.56. The molecule has 0 bridgehead atoms. The van der Waals surface area contributed by atoms with E-state index in [0.717, 1.165) is 5.56 Å². The summed E-state index contributed by atoms with van der Waals surface area (Å²) in [4.78, 5) is 17.8. The van der Waals surface area contributed by atoms with Gasteiger partial charge in [-0.1, -0.05) is 29.8 Å². The summed E-state index contributed by atoms with van der Waals surface area (Å²) in [7, 11) is 1.69. The maximum atomic E-state index is 14.3. The van der Waals surface area contributed by atoms with Crippen LogP contribution in [0.3, 0.4) is 0 Å². The van der Waals surface area contributed by atoms with Crippen LogP contribution in [-0.4, -0.2) is 22.8 Å². The van der Waals surface area contributed by atoms with E-state index in [0.29, 0.717) is 22.9 Å². The molecule has 0 saturated carbocycles. The molecule has 0 aliphatic carbocycles. The number of pyridine rings is 1. The third-order valence-electron chi connectivity index (χ3n) is 3.92. The largest absolute Gasteiger partial charge is 0.453 e. The maximum absolute atomic E-state index is 14.3. The molecule has 0 radical (unpaired) electrons. The van der Waals surface area contributed by atoms with Gasteiger partial charge in [-0.05, 0) is 53.6 Å². The number of rotatable bonds is 6. The van der Waals surface area contributed by atoms with E-state index in [4.69, 9.17) is 16.3 Å². The number of ether oxygens (including phenoxy) is 1. The zero-order valence-corrected chi connectivity index (χ0v) is 15.9. The third kappa shape index (κ3) is 5.41. The van der Waals surface area contributed by atoms with Gasteiger partial charge in [0.2, 0.25) is 5.91 Å². The fourth-order valence-corrected chi connectivity index (χ4v) is 2.73. The number of hydrogen-bond donors (Lipinski definition) is 0. The van der Waals surface area contributed by atoms with Crippen molar-refractivity contribution in [3.05, 3.63) is 95.0 Å². The van der Waals surface area contributed by atoms with Gasteiger partial charge in [-0.15, -0.1) is 0 Å². The van der Waals surface area contributed by atoms with E-state index in [2.05, 4.69) is 4.98 Å². The van der Waals surface area contributed by atoms with Crippen LogP contribution in [0.25, 0.3) is 6.08 Å². The second-order valence-corrected chi connectivity index (χ2v) is 6.57. The Morgan fingerprint density at radius 1 is 1.21 bits per heavy atom. The van der Waals surface area contributed by atoms with Gasteiger partial charge in [-0.3, -0.25) is 9.78 Å². The topological polar surface area (TPSA) is 42.4 Å². The molecule has 142 valence electrons. The highest BCUT2D eigenvalue weighted by molar-refractivity contribution is 6.30. The number of aromatic nitrogens is 1. The molecular formula is C22H18ClFN2O2. The molecule has 3 rings (SSSR count). The minimum absolute atomic E-state index is 0.0922. The van der Waals surface area contributed by atoms with E-state index in [9.17, 15) is 9.18 Å². The number of nitrogens with zero attached hydrogens (tertiary/aromatic N) is 2. The molecule has 0 atom stereocenters. The Morgan fingerprint density at radius 2 is 2.07 bits per heavy atom. The van der Waals surface area contributed by atoms with Crippen molar-refractivity contribution in [2.75, 3.05) is 7.05 Å². The molecule has 0 N–H and O–H groups in total. The highest BCUT2D eigenvalue weighted by Crippen LogP contribution is 2.25. The minimum atomic E-state index is -0.522. The number of benzene rings is 2. The van der Waals surface area contributed by atoms with Crippen molar-refractivity contribution < 1.29 is 13.9 Å². The van der Waals surface area contributed by atoms with E-state index in [1.807, 2.05) is 18.2 Å². The second kappa shape index (κ2) is 9.15. The Balaban J connectivity index is 1.63. The molecule has 0 unspecified atom stereocenters. The number of hydrogen-bond acceptors (Lipinski definition) is 3. The first-order chi connectivity index (χ1) is 13.5. The smallest absolute Gasteiger partial charge is 0.246 e. The van der Waals surface area contributed by atoms with E-state index in [1.54, 1.807) is 48.5 Å². The van der Waals surface area contributed by atoms with Crippen molar-refractivity contribution in [2.24, 2.45) is 0 Å². The van der Waals surface area contributed by atoms with Crippen molar-refractivity contribution in [1.29, 1.82) is 0 Å². The Labute approximate surface area is 167 Å². The first kappa shape index (κ1) is 19.6. The predicted octanol–water partition coefficient (Wildman–Crippen LogP) is 5.34. The monoisotopic (exact) mass is 396 g/mol. The molecule has 0 aliphatic rings. The van der Waals surface area contributed by atoms with Crippen LogP contribution < -0.4 is 4.74 Å². The Kier molecular flexibility index (Phi) is 6.40. The number of likely N-dealkylation sites (N-methyl/N-ethyl adjacent to an activating group) is 1. The number of amides is 1. The van der Waals surface area contributed by atoms with Crippen molar-refractivity contribution in [2.45, 2.75) is 6.54 Å². The quantitative estimate of drug-likeness (QED) is 0.528. The van der Waals surface area contributed by atoms with Crippen LogP contribution in [0, 0.1) is 5.82 Å². The molecule has 4 nitrogen and oxygen atoms in total. The van der Waals surface area contributed by atoms with Crippen LogP contribution in [-0.2, 0) is 11.3 Å². The zero-order valence-electron chi connectivity index (χ0n) is 15.2. The van der Waals surface area contributed by atoms with E-state index in [1.165, 1.54) is 24.4 Å². The van der Waals surface area contributed by atoms with Crippen molar-refractivity contribution in [3.63, 3.8) is 0 Å². The van der Waals surface area contributed by atoms with E-state index < -0.39 is 5.82 Å². The molecule has 3 aromatic rings. The molecule has 0 aliphatic heterocycles. The van der Waals surface area contributed by atoms with Gasteiger partial charge in [-0.2, -0.15) is 0 Å². The summed E-state index contributed by atoms with van der Waals surface area (Å²) >= 11 is 5.96. The lowest BCUT2D eigenvalue weighted by Crippen LogP contribution is -2.24. The fraction of sp³-hybridized carbons (Fsp3) is 0.0909. The van der Waals surface area contributed by atoms with Gasteiger partial charge in [0.05, 0.1) is 6.20 Å². The average molecular weight is 397 g/mol. The number of carbonyl (C=O) groups excluding carboxylic acids is 1. The van der Waals surface area contributed by atoms with Crippen molar-refractivity contribution in [3.8, 4) is 11.5 Å². The number of halogens is 2. The van der Waals surface area contributed by atoms with Gasteiger partial charge >= 0.3 is 0 Å². The Bertz CT molecular complexity index is 993. The van der Waals surface area contributed by atoms with E-state index >= 15 is 0 Å². The Hall–Kier alpha value is -3.18. The average Bonchev–Trinajstić information content (AvgIpc) is 2.69. The summed E-state index contributed by atoms with van der Waals surface area (Å²) in [5, 5.41) is 0.623. The van der Waals surface area contributed by atoms with Crippen LogP contribution in [0.15, 0.2) is 73.1 Å². The van der Waals surface area contributed by atoms with Crippen molar-refractivity contribution in [1.82, 2.24) is 9.88 Å². The van der Waals surface area contributed by atoms with E-state index in [-0.39, 0.29) is 11.7 Å². The second-order valence-electron chi connectivity index (χ2n) is 6.14. The third-order valence-corrected chi connectivity index (χ3v) is 4.16. The molecule has 1 aromatic heterocycles. The van der Waals surface area contributed by atoms with Gasteiger partial charge < -0.3 is 9.64 Å². The molecule has 0 fully saturated rings. The first-order valence-corrected chi connectivity index (χ1v) is 8.94. The molecule has 6 heteroatoms. The van der Waals surface area contributed by atoms with Gasteiger partial charge in [0.15, 0.2) is 11.6 Å². The van der Waals surface area contributed by atoms with Crippen LogP contribution >= 0.6 is 11.6 Å². The summed E-state index contributed by atoms with van der Waals surface area (Å²) in [5.74, 6) is -0.182. The summed E-state index contributed by atoms with van der Waals surface area (Å²) in [6, 6.07) is 15.2. The lowest BCUT2D eigenvalue weighted by molar-refractivity contribution is -0.125. The molecule has 2 aromatic carbocycles. The summed E-state index contributed by atoms with van der Waals surface area (Å²) in [6.45, 7) is 0.427. The van der Waals surface area contributed by atoms with Crippen LogP contribution in [0.4, 0.5) is 4.39 Å². The summed E-state index contributed by atoms with van der Waals surface area (Å²) < 4.78 is 19.7. The standard InChI is InChI=1S/C22H18ClFN2O2/c1-26(15-17-4-2-5-18(23)12-17)22(27)10-8-16-7-9-21(20(24)13-16)28-19-6-3-11-25-14-19/h2-14H,15H2,1H3/b10-8+. The van der Waals surface area contributed by atoms with Gasteiger partial charge in [-0.25, -0.2) is 4.39 Å². The van der Waals surface area contributed by atoms with Gasteiger partial charge in [0.1, 0.15) is 5.75 Å². The molecule has 0 saturated heterocycles. The molecule has 28 heavy (non-hydrogen) atoms. The van der Waals surface area contributed by atoms with Crippen LogP contribution in [0.2, 0.25) is 5.02 Å². The molecular weight excluding hydrogens is 379 g/mol. The summed E-state index contributed by atoms with van der Waals surface area (Å²) in [5.41, 5.74) is 1.49. The lowest BCUT2D eigenvalue weighted by Gasteiger charge is -2.15. The Morgan fingerprint density at radius 3 is 2.79 bits per heavy atom. The minimum Gasteiger partial charge on any atom is -0.453 e. The zero-order chi connectivity index (χ0) is 19.9.